The predicted octanol–water partition coefficient (Wildman–Crippen LogP) is 6.27. The average molecular weight is 387 g/mol. The van der Waals surface area contributed by atoms with Crippen molar-refractivity contribution in [1.82, 2.24) is 9.97 Å². The lowest BCUT2D eigenvalue weighted by Gasteiger charge is -2.08. The lowest BCUT2D eigenvalue weighted by molar-refractivity contribution is 0.185. The fourth-order valence-corrected chi connectivity index (χ4v) is 3.38. The normalized spacial score (nSPS) is 11.4. The Morgan fingerprint density at radius 3 is 2.54 bits per heavy atom. The lowest BCUT2D eigenvalue weighted by Crippen LogP contribution is -1.95. The highest BCUT2D eigenvalue weighted by Crippen LogP contribution is 2.34. The summed E-state index contributed by atoms with van der Waals surface area (Å²) in [7, 11) is 1.69. The molecule has 0 fully saturated rings. The third-order valence-corrected chi connectivity index (χ3v) is 5.08. The maximum Gasteiger partial charge on any atom is 0.129 e. The number of H-pyrrole nitrogens is 1. The number of benzene rings is 2. The maximum absolute atomic E-state index is 6.07. The molecule has 0 aliphatic rings. The van der Waals surface area contributed by atoms with Crippen molar-refractivity contribution >= 4 is 45.0 Å². The monoisotopic (exact) mass is 386 g/mol. The Kier molecular flexibility index (Phi) is 4.49. The highest BCUT2D eigenvalue weighted by atomic mass is 35.5. The number of aromatic amines is 1. The minimum atomic E-state index is 0.460. The molecule has 4 aromatic rings. The van der Waals surface area contributed by atoms with Gasteiger partial charge in [-0.25, -0.2) is 0 Å². The van der Waals surface area contributed by atoms with Crippen LogP contribution in [0.15, 0.2) is 42.6 Å². The summed E-state index contributed by atoms with van der Waals surface area (Å²) in [5, 5.41) is 3.13. The van der Waals surface area contributed by atoms with Gasteiger partial charge in [-0.15, -0.1) is 0 Å². The zero-order valence-electron chi connectivity index (χ0n) is 14.3. The number of hydrogen-bond acceptors (Lipinski definition) is 3. The van der Waals surface area contributed by atoms with Crippen molar-refractivity contribution in [3.8, 4) is 11.5 Å². The van der Waals surface area contributed by atoms with Gasteiger partial charge in [-0.3, -0.25) is 4.98 Å². The fourth-order valence-electron chi connectivity index (χ4n) is 3.09. The molecule has 2 aromatic carbocycles. The molecule has 0 aliphatic heterocycles. The number of nitrogens with zero attached hydrogens (tertiary/aromatic N) is 1. The van der Waals surface area contributed by atoms with E-state index in [-0.39, 0.29) is 0 Å². The number of nitrogens with one attached hydrogen (secondary N) is 1. The van der Waals surface area contributed by atoms with Crippen LogP contribution in [-0.2, 0) is 11.3 Å². The van der Waals surface area contributed by atoms with Crippen LogP contribution in [0.25, 0.3) is 21.8 Å². The van der Waals surface area contributed by atoms with E-state index < -0.39 is 0 Å². The van der Waals surface area contributed by atoms with Crippen LogP contribution in [0.1, 0.15) is 11.3 Å². The van der Waals surface area contributed by atoms with E-state index in [1.54, 1.807) is 25.3 Å². The van der Waals surface area contributed by atoms with E-state index in [0.29, 0.717) is 22.4 Å². The molecule has 1 N–H and O–H groups in total. The van der Waals surface area contributed by atoms with Crippen LogP contribution < -0.4 is 4.74 Å². The number of methoxy groups -OCH3 is 1. The van der Waals surface area contributed by atoms with Crippen LogP contribution in [-0.4, -0.2) is 17.1 Å². The third kappa shape index (κ3) is 3.01. The standard InChI is InChI=1S/C20H16Cl2N2O2/c1-11-15(10-25-2)20-14-7-12(4-6-18(14)24-19(20)9-23-11)26-13-3-5-16(21)17(22)8-13/h3-9,24H,10H2,1-2H3. The van der Waals surface area contributed by atoms with Crippen molar-refractivity contribution in [3.63, 3.8) is 0 Å². The number of hydrogen-bond donors (Lipinski definition) is 1. The van der Waals surface area contributed by atoms with Crippen LogP contribution >= 0.6 is 23.2 Å². The van der Waals surface area contributed by atoms with Crippen LogP contribution in [0.4, 0.5) is 0 Å². The summed E-state index contributed by atoms with van der Waals surface area (Å²) >= 11 is 12.0. The second-order valence-corrected chi connectivity index (χ2v) is 6.87. The molecule has 6 heteroatoms. The molecule has 2 aromatic heterocycles. The van der Waals surface area contributed by atoms with Crippen LogP contribution in [0.5, 0.6) is 11.5 Å². The van der Waals surface area contributed by atoms with Gasteiger partial charge in [0.05, 0.1) is 28.4 Å². The van der Waals surface area contributed by atoms with Crippen LogP contribution in [0.3, 0.4) is 0 Å². The second-order valence-electron chi connectivity index (χ2n) is 6.05. The van der Waals surface area contributed by atoms with Gasteiger partial charge in [0.15, 0.2) is 0 Å². The quantitative estimate of drug-likeness (QED) is 0.449. The smallest absolute Gasteiger partial charge is 0.129 e. The minimum Gasteiger partial charge on any atom is -0.457 e. The summed E-state index contributed by atoms with van der Waals surface area (Å²) in [6.45, 7) is 2.49. The van der Waals surface area contributed by atoms with Crippen molar-refractivity contribution in [2.45, 2.75) is 13.5 Å². The van der Waals surface area contributed by atoms with Crippen molar-refractivity contribution in [1.29, 1.82) is 0 Å². The average Bonchev–Trinajstić information content (AvgIpc) is 2.99. The molecule has 0 atom stereocenters. The molecule has 0 spiro atoms. The van der Waals surface area contributed by atoms with Gasteiger partial charge in [0.1, 0.15) is 11.5 Å². The van der Waals surface area contributed by atoms with E-state index in [9.17, 15) is 0 Å². The summed E-state index contributed by atoms with van der Waals surface area (Å²) in [6.07, 6.45) is 1.85. The van der Waals surface area contributed by atoms with Crippen molar-refractivity contribution in [2.75, 3.05) is 7.11 Å². The van der Waals surface area contributed by atoms with Gasteiger partial charge in [0.2, 0.25) is 0 Å². The highest BCUT2D eigenvalue weighted by molar-refractivity contribution is 6.42. The Bertz CT molecular complexity index is 1120. The van der Waals surface area contributed by atoms with Gasteiger partial charge in [-0.05, 0) is 37.3 Å². The summed E-state index contributed by atoms with van der Waals surface area (Å²) in [5.41, 5.74) is 4.02. The third-order valence-electron chi connectivity index (χ3n) is 4.34. The fraction of sp³-hybridized carbons (Fsp3) is 0.150. The topological polar surface area (TPSA) is 47.1 Å². The number of pyridine rings is 1. The molecule has 132 valence electrons. The summed E-state index contributed by atoms with van der Waals surface area (Å²) in [6, 6.07) is 11.1. The van der Waals surface area contributed by atoms with E-state index in [1.807, 2.05) is 31.3 Å². The Morgan fingerprint density at radius 1 is 1.00 bits per heavy atom. The molecule has 4 nitrogen and oxygen atoms in total. The molecule has 0 bridgehead atoms. The van der Waals surface area contributed by atoms with Gasteiger partial charge in [-0.1, -0.05) is 23.2 Å². The zero-order valence-corrected chi connectivity index (χ0v) is 15.8. The first-order chi connectivity index (χ1) is 12.6. The summed E-state index contributed by atoms with van der Waals surface area (Å²) in [4.78, 5) is 7.86. The number of ether oxygens (including phenoxy) is 2. The van der Waals surface area contributed by atoms with Crippen LogP contribution in [0.2, 0.25) is 10.0 Å². The number of halogens is 2. The minimum absolute atomic E-state index is 0.460. The maximum atomic E-state index is 6.07. The highest BCUT2D eigenvalue weighted by Gasteiger charge is 2.13. The molecule has 4 rings (SSSR count). The molecular weight excluding hydrogens is 371 g/mol. The largest absolute Gasteiger partial charge is 0.457 e. The molecule has 0 amide bonds. The van der Waals surface area contributed by atoms with E-state index in [4.69, 9.17) is 32.7 Å². The molecule has 0 saturated carbocycles. The molecule has 2 heterocycles. The lowest BCUT2D eigenvalue weighted by atomic mass is 10.1. The van der Waals surface area contributed by atoms with Gasteiger partial charge in [-0.2, -0.15) is 0 Å². The molecule has 0 aliphatic carbocycles. The van der Waals surface area contributed by atoms with Gasteiger partial charge >= 0.3 is 0 Å². The van der Waals surface area contributed by atoms with Crippen molar-refractivity contribution in [3.05, 3.63) is 63.9 Å². The Hall–Kier alpha value is -2.27. The number of aryl methyl sites for hydroxylation is 1. The first-order valence-electron chi connectivity index (χ1n) is 8.08. The first kappa shape index (κ1) is 17.2. The van der Waals surface area contributed by atoms with Gasteiger partial charge < -0.3 is 14.5 Å². The van der Waals surface area contributed by atoms with Crippen molar-refractivity contribution in [2.24, 2.45) is 0 Å². The molecule has 0 unspecified atom stereocenters. The first-order valence-corrected chi connectivity index (χ1v) is 8.84. The molecule has 26 heavy (non-hydrogen) atoms. The SMILES string of the molecule is COCc1c(C)ncc2[nH]c3ccc(Oc4ccc(Cl)c(Cl)c4)cc3c12. The van der Waals surface area contributed by atoms with Gasteiger partial charge in [0.25, 0.3) is 0 Å². The van der Waals surface area contributed by atoms with E-state index >= 15 is 0 Å². The Labute approximate surface area is 160 Å². The number of rotatable bonds is 4. The zero-order chi connectivity index (χ0) is 18.3. The van der Waals surface area contributed by atoms with E-state index in [2.05, 4.69) is 9.97 Å². The molecular formula is C20H16Cl2N2O2. The van der Waals surface area contributed by atoms with Crippen LogP contribution in [0, 0.1) is 6.92 Å². The number of fused-ring (bicyclic) bond motifs is 3. The summed E-state index contributed by atoms with van der Waals surface area (Å²) < 4.78 is 11.3. The Balaban J connectivity index is 1.84. The second kappa shape index (κ2) is 6.80. The van der Waals surface area contributed by atoms with Crippen molar-refractivity contribution < 1.29 is 9.47 Å². The van der Waals surface area contributed by atoms with Gasteiger partial charge in [0, 0.05) is 40.7 Å². The van der Waals surface area contributed by atoms with E-state index in [1.165, 1.54) is 0 Å². The van der Waals surface area contributed by atoms with E-state index in [0.717, 1.165) is 38.8 Å². The molecule has 0 saturated heterocycles. The Morgan fingerprint density at radius 2 is 1.77 bits per heavy atom. The number of aromatic nitrogens is 2. The predicted molar refractivity (Wildman–Crippen MR) is 106 cm³/mol. The summed E-state index contributed by atoms with van der Waals surface area (Å²) in [5.74, 6) is 1.35. The molecule has 0 radical (unpaired) electrons.